The molecule has 1 saturated heterocycles. The first kappa shape index (κ1) is 20.9. The van der Waals surface area contributed by atoms with Gasteiger partial charge in [0.15, 0.2) is 0 Å². The maximum Gasteiger partial charge on any atom is 0.243 e. The van der Waals surface area contributed by atoms with Crippen molar-refractivity contribution in [2.75, 3.05) is 27.3 Å². The van der Waals surface area contributed by atoms with Crippen molar-refractivity contribution in [3.63, 3.8) is 0 Å². The first-order chi connectivity index (χ1) is 11.4. The summed E-state index contributed by atoms with van der Waals surface area (Å²) in [7, 11) is -0.247. The molecule has 0 N–H and O–H groups in total. The van der Waals surface area contributed by atoms with Crippen LogP contribution in [0.1, 0.15) is 45.1 Å². The van der Waals surface area contributed by atoms with Crippen molar-refractivity contribution in [2.45, 2.75) is 57.5 Å². The molecule has 1 aliphatic heterocycles. The van der Waals surface area contributed by atoms with E-state index >= 15 is 0 Å². The molecule has 0 radical (unpaired) electrons. The van der Waals surface area contributed by atoms with Crippen molar-refractivity contribution in [2.24, 2.45) is 0 Å². The summed E-state index contributed by atoms with van der Waals surface area (Å²) >= 11 is 0. The zero-order valence-electron chi connectivity index (χ0n) is 15.5. The molecule has 1 aromatic carbocycles. The van der Waals surface area contributed by atoms with Crippen molar-refractivity contribution in [3.05, 3.63) is 23.8 Å². The molecule has 24 heavy (non-hydrogen) atoms. The number of unbranched alkanes of at least 4 members (excludes halogenated alkanes) is 1. The molecule has 0 saturated carbocycles. The summed E-state index contributed by atoms with van der Waals surface area (Å²) in [5, 5.41) is 0. The summed E-state index contributed by atoms with van der Waals surface area (Å²) in [6, 6.07) is 5.11. The Kier molecular flexibility index (Phi) is 8.73. The molecule has 0 amide bonds. The quantitative estimate of drug-likeness (QED) is 0.808. The van der Waals surface area contributed by atoms with Crippen LogP contribution >= 0.6 is 0 Å². The number of piperidine rings is 1. The molecule has 0 aliphatic carbocycles. The van der Waals surface area contributed by atoms with E-state index < -0.39 is 10.0 Å². The van der Waals surface area contributed by atoms with Gasteiger partial charge in [0.1, 0.15) is 5.75 Å². The first-order valence-corrected chi connectivity index (χ1v) is 10.0. The van der Waals surface area contributed by atoms with E-state index in [0.29, 0.717) is 29.3 Å². The standard InChI is InChI=1S/C14H21NO4S.C4H10/c1-11-13(19-3)5-4-6-14(11)20(16,17)15-9-7-12(18-2)8-10-15;1-3-4-2/h4-6,12H,7-10H2,1-3H3;3-4H2,1-2H3. The maximum atomic E-state index is 12.7. The van der Waals surface area contributed by atoms with Crippen LogP contribution in [0.5, 0.6) is 5.75 Å². The van der Waals surface area contributed by atoms with Gasteiger partial charge >= 0.3 is 0 Å². The van der Waals surface area contributed by atoms with Crippen LogP contribution in [0.15, 0.2) is 23.1 Å². The van der Waals surface area contributed by atoms with Gasteiger partial charge in [-0.25, -0.2) is 8.42 Å². The van der Waals surface area contributed by atoms with Crippen LogP contribution in [0, 0.1) is 6.92 Å². The Morgan fingerprint density at radius 2 is 1.71 bits per heavy atom. The summed E-state index contributed by atoms with van der Waals surface area (Å²) in [5.74, 6) is 0.595. The molecule has 0 bridgehead atoms. The predicted molar refractivity (Wildman–Crippen MR) is 97.1 cm³/mol. The van der Waals surface area contributed by atoms with E-state index in [4.69, 9.17) is 9.47 Å². The fourth-order valence-corrected chi connectivity index (χ4v) is 4.25. The highest BCUT2D eigenvalue weighted by Gasteiger charge is 2.30. The Morgan fingerprint density at radius 3 is 2.17 bits per heavy atom. The maximum absolute atomic E-state index is 12.7. The Morgan fingerprint density at radius 1 is 1.12 bits per heavy atom. The summed E-state index contributed by atoms with van der Waals surface area (Å²) in [6.45, 7) is 7.13. The van der Waals surface area contributed by atoms with Crippen LogP contribution in [-0.4, -0.2) is 46.1 Å². The van der Waals surface area contributed by atoms with Crippen LogP contribution in [0.25, 0.3) is 0 Å². The van der Waals surface area contributed by atoms with Crippen molar-refractivity contribution in [1.29, 1.82) is 0 Å². The second kappa shape index (κ2) is 10.0. The van der Waals surface area contributed by atoms with Crippen LogP contribution in [0.3, 0.4) is 0 Å². The monoisotopic (exact) mass is 357 g/mol. The molecule has 1 aromatic rings. The molecule has 0 unspecified atom stereocenters. The molecule has 5 nitrogen and oxygen atoms in total. The average Bonchev–Trinajstić information content (AvgIpc) is 2.62. The molecule has 1 fully saturated rings. The van der Waals surface area contributed by atoms with Gasteiger partial charge in [-0.05, 0) is 31.9 Å². The second-order valence-electron chi connectivity index (χ2n) is 5.92. The number of ether oxygens (including phenoxy) is 2. The number of benzene rings is 1. The van der Waals surface area contributed by atoms with Crippen molar-refractivity contribution in [1.82, 2.24) is 4.31 Å². The Balaban J connectivity index is 0.000000648. The lowest BCUT2D eigenvalue weighted by molar-refractivity contribution is 0.0604. The molecule has 1 aliphatic rings. The summed E-state index contributed by atoms with van der Waals surface area (Å²) in [6.07, 6.45) is 4.27. The van der Waals surface area contributed by atoms with E-state index in [2.05, 4.69) is 13.8 Å². The lowest BCUT2D eigenvalue weighted by atomic mass is 10.1. The van der Waals surface area contributed by atoms with E-state index in [1.54, 1.807) is 39.3 Å². The van der Waals surface area contributed by atoms with E-state index in [-0.39, 0.29) is 6.10 Å². The molecule has 1 heterocycles. The van der Waals surface area contributed by atoms with Gasteiger partial charge in [-0.15, -0.1) is 0 Å². The molecule has 6 heteroatoms. The van der Waals surface area contributed by atoms with Gasteiger partial charge < -0.3 is 9.47 Å². The van der Waals surface area contributed by atoms with Crippen molar-refractivity contribution >= 4 is 10.0 Å². The highest BCUT2D eigenvalue weighted by Crippen LogP contribution is 2.28. The summed E-state index contributed by atoms with van der Waals surface area (Å²) in [5.41, 5.74) is 0.656. The molecular weight excluding hydrogens is 326 g/mol. The minimum atomic E-state index is -3.46. The number of nitrogens with zero attached hydrogens (tertiary/aromatic N) is 1. The van der Waals surface area contributed by atoms with Crippen LogP contribution in [0.4, 0.5) is 0 Å². The normalized spacial score (nSPS) is 16.4. The lowest BCUT2D eigenvalue weighted by Crippen LogP contribution is -2.40. The minimum Gasteiger partial charge on any atom is -0.496 e. The molecule has 0 atom stereocenters. The number of methoxy groups -OCH3 is 2. The third kappa shape index (κ3) is 5.19. The van der Waals surface area contributed by atoms with E-state index in [0.717, 1.165) is 12.8 Å². The summed E-state index contributed by atoms with van der Waals surface area (Å²) in [4.78, 5) is 0.327. The van der Waals surface area contributed by atoms with E-state index in [9.17, 15) is 8.42 Å². The van der Waals surface area contributed by atoms with Gasteiger partial charge in [-0.2, -0.15) is 4.31 Å². The first-order valence-electron chi connectivity index (χ1n) is 8.58. The molecule has 0 aromatic heterocycles. The third-order valence-electron chi connectivity index (χ3n) is 4.31. The fraction of sp³-hybridized carbons (Fsp3) is 0.667. The number of sulfonamides is 1. The van der Waals surface area contributed by atoms with Gasteiger partial charge in [0, 0.05) is 25.8 Å². The van der Waals surface area contributed by atoms with Crippen LogP contribution < -0.4 is 4.74 Å². The van der Waals surface area contributed by atoms with E-state index in [1.165, 1.54) is 17.1 Å². The van der Waals surface area contributed by atoms with Gasteiger partial charge in [-0.3, -0.25) is 0 Å². The van der Waals surface area contributed by atoms with Gasteiger partial charge in [0.25, 0.3) is 0 Å². The zero-order chi connectivity index (χ0) is 18.2. The molecule has 0 spiro atoms. The van der Waals surface area contributed by atoms with Crippen LogP contribution in [-0.2, 0) is 14.8 Å². The van der Waals surface area contributed by atoms with Gasteiger partial charge in [0.2, 0.25) is 10.0 Å². The minimum absolute atomic E-state index is 0.160. The number of hydrogen-bond acceptors (Lipinski definition) is 4. The molecular formula is C18H31NO4S. The second-order valence-corrected chi connectivity index (χ2v) is 7.83. The predicted octanol–water partition coefficient (Wildman–Crippen LogP) is 3.61. The van der Waals surface area contributed by atoms with Crippen molar-refractivity contribution < 1.29 is 17.9 Å². The highest BCUT2D eigenvalue weighted by atomic mass is 32.2. The fourth-order valence-electron chi connectivity index (χ4n) is 2.54. The van der Waals surface area contributed by atoms with Gasteiger partial charge in [-0.1, -0.05) is 32.8 Å². The highest BCUT2D eigenvalue weighted by molar-refractivity contribution is 7.89. The average molecular weight is 358 g/mol. The Labute approximate surface area is 147 Å². The molecule has 2 rings (SSSR count). The molecule has 138 valence electrons. The van der Waals surface area contributed by atoms with Crippen LogP contribution in [0.2, 0.25) is 0 Å². The SMILES string of the molecule is CCCC.COc1cccc(S(=O)(=O)N2CCC(OC)CC2)c1C. The number of rotatable bonds is 5. The number of hydrogen-bond donors (Lipinski definition) is 0. The largest absolute Gasteiger partial charge is 0.496 e. The Hall–Kier alpha value is -1.11. The smallest absolute Gasteiger partial charge is 0.243 e. The van der Waals surface area contributed by atoms with E-state index in [1.807, 2.05) is 0 Å². The lowest BCUT2D eigenvalue weighted by Gasteiger charge is -2.30. The third-order valence-corrected chi connectivity index (χ3v) is 6.35. The van der Waals surface area contributed by atoms with Gasteiger partial charge in [0.05, 0.1) is 18.1 Å². The topological polar surface area (TPSA) is 55.8 Å². The summed E-state index contributed by atoms with van der Waals surface area (Å²) < 4.78 is 37.4. The zero-order valence-corrected chi connectivity index (χ0v) is 16.4. The van der Waals surface area contributed by atoms with Crippen molar-refractivity contribution in [3.8, 4) is 5.75 Å². The Bertz CT molecular complexity index is 591.